The summed E-state index contributed by atoms with van der Waals surface area (Å²) in [6, 6.07) is 13.3. The molecule has 0 heterocycles. The third kappa shape index (κ3) is 5.38. The third-order valence-corrected chi connectivity index (χ3v) is 6.25. The Morgan fingerprint density at radius 3 is 1.00 bits per heavy atom. The molecule has 27 heavy (non-hydrogen) atoms. The van der Waals surface area contributed by atoms with Crippen molar-refractivity contribution in [2.75, 3.05) is 0 Å². The van der Waals surface area contributed by atoms with Crippen LogP contribution in [0.15, 0.2) is 43.4 Å². The molecule has 0 unspecified atom stereocenters. The molecule has 0 aromatic heterocycles. The van der Waals surface area contributed by atoms with Gasteiger partial charge >= 0.3 is 174 Å². The minimum absolute atomic E-state index is 0.476. The molecular formula is C24H34MoN2. The standard InChI is InChI=1S/2C12H17N.Mo/c2*1-8(2)10-6-5-7-11(9(3)4)12(10)13;/h2*5-9H,1-4H3;. The summed E-state index contributed by atoms with van der Waals surface area (Å²) < 4.78 is 10.2. The molecule has 0 amide bonds. The first-order valence-electron chi connectivity index (χ1n) is 10.1. The van der Waals surface area contributed by atoms with E-state index in [9.17, 15) is 0 Å². The number of rotatable bonds is 6. The van der Waals surface area contributed by atoms with Gasteiger partial charge in [0.2, 0.25) is 0 Å². The van der Waals surface area contributed by atoms with Crippen molar-refractivity contribution in [2.24, 2.45) is 6.99 Å². The van der Waals surface area contributed by atoms with Crippen molar-refractivity contribution >= 4 is 11.4 Å². The van der Waals surface area contributed by atoms with Gasteiger partial charge in [0.1, 0.15) is 0 Å². The third-order valence-electron chi connectivity index (χ3n) is 4.95. The average Bonchev–Trinajstić information content (AvgIpc) is 2.61. The van der Waals surface area contributed by atoms with Gasteiger partial charge < -0.3 is 0 Å². The Morgan fingerprint density at radius 1 is 0.519 bits per heavy atom. The second kappa shape index (κ2) is 9.78. The molecule has 3 heteroatoms. The van der Waals surface area contributed by atoms with Crippen LogP contribution in [0.25, 0.3) is 0 Å². The summed E-state index contributed by atoms with van der Waals surface area (Å²) >= 11 is -0.857. The number of hydrogen-bond acceptors (Lipinski definition) is 2. The molecule has 0 aliphatic heterocycles. The quantitative estimate of drug-likeness (QED) is 0.397. The zero-order chi connectivity index (χ0) is 20.1. The van der Waals surface area contributed by atoms with E-state index in [1.165, 1.54) is 33.6 Å². The molecule has 0 saturated heterocycles. The molecule has 0 N–H and O–H groups in total. The Bertz CT molecular complexity index is 721. The summed E-state index contributed by atoms with van der Waals surface area (Å²) in [6.45, 7) is 18.0. The van der Waals surface area contributed by atoms with E-state index in [0.717, 1.165) is 0 Å². The van der Waals surface area contributed by atoms with Crippen LogP contribution in [0, 0.1) is 0 Å². The van der Waals surface area contributed by atoms with Gasteiger partial charge in [0.15, 0.2) is 0 Å². The first kappa shape index (κ1) is 22.0. The molecule has 2 aromatic rings. The van der Waals surface area contributed by atoms with Crippen molar-refractivity contribution in [1.29, 1.82) is 0 Å². The fourth-order valence-electron chi connectivity index (χ4n) is 3.34. The van der Waals surface area contributed by atoms with E-state index >= 15 is 0 Å². The van der Waals surface area contributed by atoms with Gasteiger partial charge in [0.05, 0.1) is 0 Å². The Kier molecular flexibility index (Phi) is 7.98. The fourth-order valence-corrected chi connectivity index (χ4v) is 4.87. The second-order valence-electron chi connectivity index (χ2n) is 8.45. The second-order valence-corrected chi connectivity index (χ2v) is 9.75. The first-order chi connectivity index (χ1) is 12.7. The monoisotopic (exact) mass is 448 g/mol. The normalized spacial score (nSPS) is 11.6. The van der Waals surface area contributed by atoms with Crippen molar-refractivity contribution in [3.63, 3.8) is 0 Å². The van der Waals surface area contributed by atoms with Crippen LogP contribution in [0.4, 0.5) is 11.4 Å². The van der Waals surface area contributed by atoms with Gasteiger partial charge in [-0.15, -0.1) is 0 Å². The van der Waals surface area contributed by atoms with Crippen LogP contribution in [-0.4, -0.2) is 0 Å². The van der Waals surface area contributed by atoms with Crippen molar-refractivity contribution < 1.29 is 18.2 Å². The Labute approximate surface area is 174 Å². The minimum atomic E-state index is -0.857. The molecule has 146 valence electrons. The summed E-state index contributed by atoms with van der Waals surface area (Å²) in [7, 11) is 0. The summed E-state index contributed by atoms with van der Waals surface area (Å²) in [4.78, 5) is 0. The van der Waals surface area contributed by atoms with Gasteiger partial charge in [-0.1, -0.05) is 0 Å². The Balaban J connectivity index is 2.62. The number of benzene rings is 2. The number of nitrogens with zero attached hydrogens (tertiary/aromatic N) is 2. The molecular weight excluding hydrogens is 412 g/mol. The Hall–Kier alpha value is -1.27. The molecule has 2 rings (SSSR count). The first-order valence-corrected chi connectivity index (χ1v) is 11.9. The van der Waals surface area contributed by atoms with E-state index in [4.69, 9.17) is 6.99 Å². The molecule has 0 saturated carbocycles. The van der Waals surface area contributed by atoms with Crippen LogP contribution < -0.4 is 0 Å². The Morgan fingerprint density at radius 2 is 0.778 bits per heavy atom. The van der Waals surface area contributed by atoms with Gasteiger partial charge in [-0.2, -0.15) is 0 Å². The van der Waals surface area contributed by atoms with Crippen molar-refractivity contribution in [3.05, 3.63) is 58.7 Å². The van der Waals surface area contributed by atoms with Crippen molar-refractivity contribution in [1.82, 2.24) is 0 Å². The van der Waals surface area contributed by atoms with Crippen molar-refractivity contribution in [3.8, 4) is 0 Å². The molecule has 0 aliphatic rings. The molecule has 0 aliphatic carbocycles. The van der Waals surface area contributed by atoms with Gasteiger partial charge in [-0.25, -0.2) is 0 Å². The zero-order valence-electron chi connectivity index (χ0n) is 18.1. The van der Waals surface area contributed by atoms with Gasteiger partial charge in [0, 0.05) is 0 Å². The van der Waals surface area contributed by atoms with E-state index in [2.05, 4.69) is 91.8 Å². The fraction of sp³-hybridized carbons (Fsp3) is 0.500. The van der Waals surface area contributed by atoms with Crippen molar-refractivity contribution in [2.45, 2.75) is 79.1 Å². The predicted octanol–water partition coefficient (Wildman–Crippen LogP) is 8.59. The molecule has 0 spiro atoms. The molecule has 0 fully saturated rings. The maximum atomic E-state index is 5.11. The van der Waals surface area contributed by atoms with Gasteiger partial charge in [0.25, 0.3) is 0 Å². The van der Waals surface area contributed by atoms with Crippen LogP contribution in [0.2, 0.25) is 0 Å². The van der Waals surface area contributed by atoms with Crippen LogP contribution >= 0.6 is 0 Å². The SMILES string of the molecule is CC(C)c1cccc(C(C)C)c1[N]=[Mo]=[N]c1c(C(C)C)cccc1C(C)C. The summed E-state index contributed by atoms with van der Waals surface area (Å²) in [5, 5.41) is 0. The molecule has 0 bridgehead atoms. The van der Waals surface area contributed by atoms with E-state index in [1.54, 1.807) is 0 Å². The van der Waals surface area contributed by atoms with Gasteiger partial charge in [-0.05, 0) is 0 Å². The van der Waals surface area contributed by atoms with E-state index in [0.29, 0.717) is 23.7 Å². The van der Waals surface area contributed by atoms with E-state index < -0.39 is 18.2 Å². The molecule has 2 aromatic carbocycles. The number of hydrogen-bond donors (Lipinski definition) is 0. The van der Waals surface area contributed by atoms with Crippen LogP contribution in [0.5, 0.6) is 0 Å². The molecule has 0 atom stereocenters. The molecule has 2 nitrogen and oxygen atoms in total. The van der Waals surface area contributed by atoms with Gasteiger partial charge in [-0.3, -0.25) is 0 Å². The van der Waals surface area contributed by atoms with Crippen LogP contribution in [0.1, 0.15) is 101 Å². The maximum absolute atomic E-state index is 5.11. The summed E-state index contributed by atoms with van der Waals surface area (Å²) in [5.41, 5.74) is 7.79. The summed E-state index contributed by atoms with van der Waals surface area (Å²) in [6.07, 6.45) is 0. The van der Waals surface area contributed by atoms with Crippen LogP contribution in [0.3, 0.4) is 0 Å². The average molecular weight is 446 g/mol. The molecule has 0 radical (unpaired) electrons. The topological polar surface area (TPSA) is 24.7 Å². The van der Waals surface area contributed by atoms with E-state index in [1.807, 2.05) is 0 Å². The summed E-state index contributed by atoms with van der Waals surface area (Å²) in [5.74, 6) is 1.90. The zero-order valence-corrected chi connectivity index (χ0v) is 20.1. The predicted molar refractivity (Wildman–Crippen MR) is 113 cm³/mol. The van der Waals surface area contributed by atoms with E-state index in [-0.39, 0.29) is 0 Å². The van der Waals surface area contributed by atoms with Crippen LogP contribution in [-0.2, 0) is 18.2 Å².